The van der Waals surface area contributed by atoms with E-state index in [1.54, 1.807) is 46.5 Å². The van der Waals surface area contributed by atoms with Gasteiger partial charge in [-0.25, -0.2) is 0 Å². The first-order valence-corrected chi connectivity index (χ1v) is 23.4. The molecule has 0 aliphatic heterocycles. The molecule has 0 N–H and O–H groups in total. The van der Waals surface area contributed by atoms with Gasteiger partial charge >= 0.3 is 0 Å². The van der Waals surface area contributed by atoms with E-state index in [0.29, 0.717) is 5.69 Å². The van der Waals surface area contributed by atoms with Crippen LogP contribution in [-0.4, -0.2) is 0 Å². The summed E-state index contributed by atoms with van der Waals surface area (Å²) in [6, 6.07) is 40.8. The van der Waals surface area contributed by atoms with E-state index in [4.69, 9.17) is 12.3 Å². The van der Waals surface area contributed by atoms with Crippen molar-refractivity contribution in [2.75, 3.05) is 0 Å². The summed E-state index contributed by atoms with van der Waals surface area (Å²) in [5, 5.41) is 0. The highest BCUT2D eigenvalue weighted by molar-refractivity contribution is 5.65. The Balaban J connectivity index is 0.000000191. The van der Waals surface area contributed by atoms with Gasteiger partial charge in [-0.15, -0.1) is 0 Å². The van der Waals surface area contributed by atoms with E-state index in [9.17, 15) is 0 Å². The third kappa shape index (κ3) is 12.9. The van der Waals surface area contributed by atoms with Gasteiger partial charge in [0.05, 0.1) is 0 Å². The fraction of sp³-hybridized carbons (Fsp3) is 0.312. The summed E-state index contributed by atoms with van der Waals surface area (Å²) in [4.78, 5) is 0. The van der Waals surface area contributed by atoms with Crippen LogP contribution in [-0.2, 0) is 28.2 Å². The Labute approximate surface area is 424 Å². The molecular weight excluding hydrogens is 825 g/mol. The number of hydrogen-bond acceptors (Lipinski definition) is 0. The quantitative estimate of drug-likeness (QED) is 0.156. The summed E-state index contributed by atoms with van der Waals surface area (Å²) in [5.41, 5.74) is 25.2. The maximum Gasteiger partial charge on any atom is 0.212 e. The maximum absolute atomic E-state index is 7.68. The molecule has 0 saturated heterocycles. The minimum absolute atomic E-state index is 0.256. The summed E-state index contributed by atoms with van der Waals surface area (Å²) in [5.74, 6) is 0. The monoisotopic (exact) mass is 914 g/mol. The van der Waals surface area contributed by atoms with Gasteiger partial charge in [0.1, 0.15) is 28.2 Å². The normalized spacial score (nSPS) is 13.2. The van der Waals surface area contributed by atoms with Crippen LogP contribution >= 0.6 is 0 Å². The van der Waals surface area contributed by atoms with Crippen molar-refractivity contribution in [2.45, 2.75) is 111 Å². The molecule has 0 aliphatic rings. The van der Waals surface area contributed by atoms with Crippen LogP contribution < -0.4 is 18.3 Å². The Hall–Kier alpha value is -6.52. The molecule has 8 rings (SSSR count). The lowest BCUT2D eigenvalue weighted by atomic mass is 10.0. The van der Waals surface area contributed by atoms with Crippen LogP contribution in [0.25, 0.3) is 45.0 Å². The fourth-order valence-electron chi connectivity index (χ4n) is 8.64. The Bertz CT molecular complexity index is 3460. The van der Waals surface area contributed by atoms with Crippen LogP contribution in [0.15, 0.2) is 121 Å². The van der Waals surface area contributed by atoms with E-state index in [-0.39, 0.29) is 11.3 Å². The van der Waals surface area contributed by atoms with Crippen molar-refractivity contribution in [3.05, 3.63) is 211 Å². The lowest BCUT2D eigenvalue weighted by molar-refractivity contribution is -0.666. The highest BCUT2D eigenvalue weighted by Gasteiger charge is 2.19. The molecule has 0 amide bonds. The second kappa shape index (κ2) is 22.5. The van der Waals surface area contributed by atoms with E-state index in [1.807, 2.05) is 53.8 Å². The summed E-state index contributed by atoms with van der Waals surface area (Å²) < 4.78 is 76.5. The number of benzene rings is 4. The predicted octanol–water partition coefficient (Wildman–Crippen LogP) is 13.6. The second-order valence-corrected chi connectivity index (χ2v) is 18.9. The molecule has 4 heterocycles. The Kier molecular flexibility index (Phi) is 13.4. The molecule has 4 nitrogen and oxygen atoms in total. The van der Waals surface area contributed by atoms with E-state index in [2.05, 4.69) is 157 Å². The second-order valence-electron chi connectivity index (χ2n) is 18.9. The van der Waals surface area contributed by atoms with Crippen molar-refractivity contribution >= 4 is 0 Å². The largest absolute Gasteiger partial charge is 0.212 e. The number of nitrogens with zero attached hydrogens (tertiary/aromatic N) is 4. The average Bonchev–Trinajstić information content (AvgIpc) is 3.31. The molecule has 0 aliphatic carbocycles. The van der Waals surface area contributed by atoms with Crippen molar-refractivity contribution in [2.24, 2.45) is 28.2 Å². The zero-order chi connectivity index (χ0) is 57.8. The molecule has 0 radical (unpaired) electrons. The number of hydrogen-bond donors (Lipinski definition) is 0. The summed E-state index contributed by atoms with van der Waals surface area (Å²) in [6.45, 7) is 20.5. The summed E-state index contributed by atoms with van der Waals surface area (Å²) in [6.07, 6.45) is 0. The highest BCUT2D eigenvalue weighted by atomic mass is 15.0. The van der Waals surface area contributed by atoms with Gasteiger partial charge < -0.3 is 0 Å². The van der Waals surface area contributed by atoms with Crippen LogP contribution in [0.3, 0.4) is 0 Å². The standard InChI is InChI=1S/4C16H20N/c2*1-11-6-7-13(3)15(9-11)16-10-12(2)8-14(4)17(16)5;2*1-11-6-7-15(13(3)8-11)16-10-12(2)9-14(4)17(16)5/h4*6-10H,1-5H3/q4*+1/i4D3;;1D3,4D3;. The number of pyridine rings is 4. The molecule has 0 unspecified atom stereocenters. The number of rotatable bonds is 4. The molecule has 352 valence electrons. The molecule has 0 spiro atoms. The van der Waals surface area contributed by atoms with Crippen molar-refractivity contribution in [1.29, 1.82) is 0 Å². The van der Waals surface area contributed by atoms with Crippen molar-refractivity contribution in [3.63, 3.8) is 0 Å². The first-order valence-electron chi connectivity index (χ1n) is 27.9. The Morgan fingerprint density at radius 2 is 0.544 bits per heavy atom. The zero-order valence-electron chi connectivity index (χ0n) is 52.8. The molecule has 8 aromatic rings. The van der Waals surface area contributed by atoms with Crippen LogP contribution in [0, 0.1) is 111 Å². The van der Waals surface area contributed by atoms with Gasteiger partial charge in [-0.05, 0) is 152 Å². The van der Waals surface area contributed by atoms with Gasteiger partial charge in [0.2, 0.25) is 22.8 Å². The van der Waals surface area contributed by atoms with Gasteiger partial charge in [0.15, 0.2) is 22.8 Å². The van der Waals surface area contributed by atoms with Gasteiger partial charge in [0.25, 0.3) is 0 Å². The summed E-state index contributed by atoms with van der Waals surface area (Å²) in [7, 11) is 7.79. The third-order valence-electron chi connectivity index (χ3n) is 12.8. The van der Waals surface area contributed by atoms with Crippen molar-refractivity contribution < 1.29 is 30.6 Å². The minimum Gasteiger partial charge on any atom is -0.199 e. The Morgan fingerprint density at radius 3 is 0.897 bits per heavy atom. The molecular formula is C64H80N4+4. The molecule has 0 atom stereocenters. The van der Waals surface area contributed by atoms with Gasteiger partial charge in [-0.2, -0.15) is 18.3 Å². The lowest BCUT2D eigenvalue weighted by Crippen LogP contribution is -2.35. The first-order chi connectivity index (χ1) is 35.6. The van der Waals surface area contributed by atoms with Crippen molar-refractivity contribution in [3.8, 4) is 45.0 Å². The van der Waals surface area contributed by atoms with E-state index >= 15 is 0 Å². The summed E-state index contributed by atoms with van der Waals surface area (Å²) >= 11 is 0. The number of aryl methyl sites for hydroxylation is 16. The van der Waals surface area contributed by atoms with E-state index in [1.165, 1.54) is 72.8 Å². The number of aromatic nitrogens is 4. The minimum atomic E-state index is -2.21. The molecule has 0 bridgehead atoms. The SMILES string of the molecule is Cc1ccc(-c2cc(C)cc(C)[n+]2C)c(C)c1.Cc1ccc(C)c(-c2cc(C)cc(C)[n+]2C)c1.[2H]C([2H])([2H])c1cc(C)cc(-c2cc(C)ccc2C)[n+]1C.[2H]C([2H])([2H])c1ccc(-c2cc(C)cc(C([2H])([2H])[2H])[n+]2C)c(C)c1. The van der Waals surface area contributed by atoms with Gasteiger partial charge in [-0.1, -0.05) is 70.8 Å². The van der Waals surface area contributed by atoms with Gasteiger partial charge in [0, 0.05) is 111 Å². The molecule has 0 fully saturated rings. The fourth-order valence-corrected chi connectivity index (χ4v) is 8.64. The maximum atomic E-state index is 7.68. The molecule has 4 aromatic carbocycles. The van der Waals surface area contributed by atoms with E-state index in [0.717, 1.165) is 44.8 Å². The van der Waals surface area contributed by atoms with Crippen LogP contribution in [0.4, 0.5) is 0 Å². The smallest absolute Gasteiger partial charge is 0.199 e. The lowest BCUT2D eigenvalue weighted by Gasteiger charge is -2.08. The molecule has 4 heteroatoms. The van der Waals surface area contributed by atoms with Crippen LogP contribution in [0.5, 0.6) is 0 Å². The van der Waals surface area contributed by atoms with Gasteiger partial charge in [-0.3, -0.25) is 0 Å². The Morgan fingerprint density at radius 1 is 0.250 bits per heavy atom. The molecule has 0 saturated carbocycles. The zero-order valence-corrected chi connectivity index (χ0v) is 43.8. The average molecular weight is 914 g/mol. The molecule has 68 heavy (non-hydrogen) atoms. The first kappa shape index (κ1) is 40.5. The highest BCUT2D eigenvalue weighted by Crippen LogP contribution is 2.26. The van der Waals surface area contributed by atoms with Crippen LogP contribution in [0.2, 0.25) is 0 Å². The van der Waals surface area contributed by atoms with Crippen molar-refractivity contribution in [1.82, 2.24) is 0 Å². The van der Waals surface area contributed by atoms with E-state index < -0.39 is 20.6 Å². The predicted molar refractivity (Wildman–Crippen MR) is 288 cm³/mol. The van der Waals surface area contributed by atoms with Crippen LogP contribution in [0.1, 0.15) is 102 Å². The molecule has 4 aromatic heterocycles. The topological polar surface area (TPSA) is 15.5 Å². The third-order valence-corrected chi connectivity index (χ3v) is 12.8.